The fourth-order valence-electron chi connectivity index (χ4n) is 5.60. The van der Waals surface area contributed by atoms with Crippen LogP contribution in [0.4, 0.5) is 0 Å². The molecule has 0 bridgehead atoms. The Kier molecular flexibility index (Phi) is 8.71. The maximum Gasteiger partial charge on any atom is 0.318 e. The number of para-hydroxylation sites is 1. The Morgan fingerprint density at radius 2 is 1.84 bits per heavy atom. The summed E-state index contributed by atoms with van der Waals surface area (Å²) in [5.74, 6) is -0.247. The predicted molar refractivity (Wildman–Crippen MR) is 142 cm³/mol. The average Bonchev–Trinajstić information content (AvgIpc) is 3.17. The standard InChI is InChI=1S/C30H36N2O6/c1-4-38-29(35)30-17-8-7-11-26(30)32(20-21-12-14-23(36-2)15-13-21)28(34)24(30)19-27(33)31-18-16-22-9-5-6-10-25(22)37-3/h5-6,9-15,24H,4,7-8,16-20H2,1-3H3,(H,31,33)/t24-,30-/m0/s1. The zero-order valence-electron chi connectivity index (χ0n) is 22.3. The summed E-state index contributed by atoms with van der Waals surface area (Å²) in [6.45, 7) is 2.66. The van der Waals surface area contributed by atoms with Crippen LogP contribution in [0.15, 0.2) is 60.3 Å². The Bertz CT molecular complexity index is 1190. The van der Waals surface area contributed by atoms with Crippen molar-refractivity contribution in [1.82, 2.24) is 10.2 Å². The molecule has 2 amide bonds. The summed E-state index contributed by atoms with van der Waals surface area (Å²) in [4.78, 5) is 42.2. The highest BCUT2D eigenvalue weighted by Crippen LogP contribution is 2.54. The van der Waals surface area contributed by atoms with Gasteiger partial charge in [-0.3, -0.25) is 14.4 Å². The van der Waals surface area contributed by atoms with Gasteiger partial charge in [0.1, 0.15) is 16.9 Å². The molecule has 2 aromatic carbocycles. The monoisotopic (exact) mass is 520 g/mol. The number of methoxy groups -OCH3 is 2. The van der Waals surface area contributed by atoms with Crippen LogP contribution in [0.1, 0.15) is 43.7 Å². The number of esters is 1. The van der Waals surface area contributed by atoms with E-state index in [0.29, 0.717) is 31.6 Å². The molecule has 4 rings (SSSR count). The van der Waals surface area contributed by atoms with Gasteiger partial charge in [-0.05, 0) is 61.9 Å². The molecule has 1 N–H and O–H groups in total. The van der Waals surface area contributed by atoms with E-state index < -0.39 is 17.3 Å². The molecule has 202 valence electrons. The lowest BCUT2D eigenvalue weighted by atomic mass is 9.68. The van der Waals surface area contributed by atoms with Gasteiger partial charge < -0.3 is 24.4 Å². The van der Waals surface area contributed by atoms with Gasteiger partial charge in [-0.2, -0.15) is 0 Å². The second-order valence-corrected chi connectivity index (χ2v) is 9.61. The van der Waals surface area contributed by atoms with Crippen molar-refractivity contribution >= 4 is 17.8 Å². The van der Waals surface area contributed by atoms with Gasteiger partial charge in [0.25, 0.3) is 0 Å². The van der Waals surface area contributed by atoms with Crippen molar-refractivity contribution in [2.75, 3.05) is 27.4 Å². The number of hydrogen-bond acceptors (Lipinski definition) is 6. The minimum absolute atomic E-state index is 0.0833. The molecule has 2 aliphatic rings. The van der Waals surface area contributed by atoms with Crippen LogP contribution in [0.5, 0.6) is 11.5 Å². The molecular formula is C30H36N2O6. The maximum atomic E-state index is 13.9. The lowest BCUT2D eigenvalue weighted by Crippen LogP contribution is -2.43. The molecule has 1 heterocycles. The number of benzene rings is 2. The largest absolute Gasteiger partial charge is 0.497 e. The zero-order chi connectivity index (χ0) is 27.1. The minimum Gasteiger partial charge on any atom is -0.497 e. The highest BCUT2D eigenvalue weighted by Gasteiger charge is 2.62. The Hall–Kier alpha value is -3.81. The van der Waals surface area contributed by atoms with Gasteiger partial charge >= 0.3 is 5.97 Å². The van der Waals surface area contributed by atoms with Crippen LogP contribution in [0.25, 0.3) is 0 Å². The highest BCUT2D eigenvalue weighted by molar-refractivity contribution is 5.99. The Morgan fingerprint density at radius 1 is 1.08 bits per heavy atom. The Balaban J connectivity index is 1.55. The number of nitrogens with zero attached hydrogens (tertiary/aromatic N) is 1. The van der Waals surface area contributed by atoms with Crippen molar-refractivity contribution in [3.63, 3.8) is 0 Å². The van der Waals surface area contributed by atoms with Crippen molar-refractivity contribution in [3.8, 4) is 11.5 Å². The first-order valence-electron chi connectivity index (χ1n) is 13.1. The third kappa shape index (κ3) is 5.39. The molecule has 38 heavy (non-hydrogen) atoms. The normalized spacial score (nSPS) is 20.4. The lowest BCUT2D eigenvalue weighted by Gasteiger charge is -2.35. The Morgan fingerprint density at radius 3 is 2.55 bits per heavy atom. The second kappa shape index (κ2) is 12.2. The maximum absolute atomic E-state index is 13.9. The van der Waals surface area contributed by atoms with E-state index in [1.165, 1.54) is 0 Å². The molecule has 1 saturated heterocycles. The number of rotatable bonds is 11. The van der Waals surface area contributed by atoms with Crippen molar-refractivity contribution < 1.29 is 28.6 Å². The van der Waals surface area contributed by atoms with Crippen molar-refractivity contribution in [3.05, 3.63) is 71.4 Å². The fourth-order valence-corrected chi connectivity index (χ4v) is 5.60. The first-order valence-corrected chi connectivity index (χ1v) is 13.1. The molecule has 0 spiro atoms. The minimum atomic E-state index is -1.15. The number of amides is 2. The molecule has 0 aromatic heterocycles. The van der Waals surface area contributed by atoms with Crippen molar-refractivity contribution in [2.24, 2.45) is 11.3 Å². The second-order valence-electron chi connectivity index (χ2n) is 9.61. The molecule has 1 aliphatic heterocycles. The molecule has 2 aromatic rings. The molecule has 0 unspecified atom stereocenters. The van der Waals surface area contributed by atoms with Crippen LogP contribution < -0.4 is 14.8 Å². The first-order chi connectivity index (χ1) is 18.4. The van der Waals surface area contributed by atoms with E-state index in [-0.39, 0.29) is 24.8 Å². The number of likely N-dealkylation sites (tertiary alicyclic amines) is 1. The fraction of sp³-hybridized carbons (Fsp3) is 0.433. The van der Waals surface area contributed by atoms with Crippen LogP contribution in [0, 0.1) is 11.3 Å². The van der Waals surface area contributed by atoms with Gasteiger partial charge in [0.05, 0.1) is 33.3 Å². The number of hydrogen-bond donors (Lipinski definition) is 1. The summed E-state index contributed by atoms with van der Waals surface area (Å²) >= 11 is 0. The van der Waals surface area contributed by atoms with E-state index in [1.807, 2.05) is 54.6 Å². The smallest absolute Gasteiger partial charge is 0.318 e. The van der Waals surface area contributed by atoms with E-state index in [1.54, 1.807) is 26.0 Å². The molecule has 1 fully saturated rings. The summed E-state index contributed by atoms with van der Waals surface area (Å²) in [6.07, 6.45) is 4.47. The zero-order valence-corrected chi connectivity index (χ0v) is 22.3. The van der Waals surface area contributed by atoms with Crippen LogP contribution in [0.3, 0.4) is 0 Å². The van der Waals surface area contributed by atoms with Gasteiger partial charge in [-0.25, -0.2) is 0 Å². The average molecular weight is 521 g/mol. The number of ether oxygens (including phenoxy) is 3. The summed E-state index contributed by atoms with van der Waals surface area (Å²) in [5.41, 5.74) is 1.40. The van der Waals surface area contributed by atoms with Gasteiger partial charge in [-0.1, -0.05) is 36.4 Å². The molecule has 0 saturated carbocycles. The summed E-state index contributed by atoms with van der Waals surface area (Å²) in [7, 11) is 3.22. The highest BCUT2D eigenvalue weighted by atomic mass is 16.5. The van der Waals surface area contributed by atoms with E-state index in [9.17, 15) is 14.4 Å². The summed E-state index contributed by atoms with van der Waals surface area (Å²) < 4.78 is 16.2. The van der Waals surface area contributed by atoms with Crippen LogP contribution in [-0.4, -0.2) is 50.1 Å². The number of carbonyl (C=O) groups is 3. The van der Waals surface area contributed by atoms with Crippen molar-refractivity contribution in [1.29, 1.82) is 0 Å². The first kappa shape index (κ1) is 27.2. The van der Waals surface area contributed by atoms with Gasteiger partial charge in [0, 0.05) is 18.7 Å². The molecule has 1 aliphatic carbocycles. The van der Waals surface area contributed by atoms with Gasteiger partial charge in [-0.15, -0.1) is 0 Å². The number of allylic oxidation sites excluding steroid dienone is 1. The Labute approximate surface area is 223 Å². The van der Waals surface area contributed by atoms with E-state index in [4.69, 9.17) is 14.2 Å². The van der Waals surface area contributed by atoms with Crippen LogP contribution >= 0.6 is 0 Å². The molecule has 8 heteroatoms. The molecule has 2 atom stereocenters. The van der Waals surface area contributed by atoms with Gasteiger partial charge in [0.15, 0.2) is 0 Å². The molecule has 0 radical (unpaired) electrons. The summed E-state index contributed by atoms with van der Waals surface area (Å²) in [6, 6.07) is 15.2. The third-order valence-corrected chi connectivity index (χ3v) is 7.46. The van der Waals surface area contributed by atoms with Crippen LogP contribution in [0.2, 0.25) is 0 Å². The van der Waals surface area contributed by atoms with E-state index in [2.05, 4.69) is 5.32 Å². The van der Waals surface area contributed by atoms with E-state index in [0.717, 1.165) is 35.5 Å². The topological polar surface area (TPSA) is 94.2 Å². The van der Waals surface area contributed by atoms with Gasteiger partial charge in [0.2, 0.25) is 11.8 Å². The lowest BCUT2D eigenvalue weighted by molar-refractivity contribution is -0.158. The summed E-state index contributed by atoms with van der Waals surface area (Å²) in [5, 5.41) is 2.94. The predicted octanol–water partition coefficient (Wildman–Crippen LogP) is 4.03. The van der Waals surface area contributed by atoms with E-state index >= 15 is 0 Å². The quantitative estimate of drug-likeness (QED) is 0.450. The molecule has 8 nitrogen and oxygen atoms in total. The number of fused-ring (bicyclic) bond motifs is 1. The SMILES string of the molecule is CCOC(=O)[C@]12CCCC=C1N(Cc1ccc(OC)cc1)C(=O)[C@@H]2CC(=O)NCCc1ccccc1OC. The van der Waals surface area contributed by atoms with Crippen molar-refractivity contribution in [2.45, 2.75) is 45.6 Å². The van der Waals surface area contributed by atoms with Crippen LogP contribution in [-0.2, 0) is 32.1 Å². The number of nitrogens with one attached hydrogen (secondary N) is 1. The molecular weight excluding hydrogens is 484 g/mol. The third-order valence-electron chi connectivity index (χ3n) is 7.46. The number of carbonyl (C=O) groups excluding carboxylic acids is 3.